The fraction of sp³-hybridized carbons (Fsp3) is 0.474. The van der Waals surface area contributed by atoms with Crippen LogP contribution >= 0.6 is 34.3 Å². The van der Waals surface area contributed by atoms with Crippen LogP contribution in [0.1, 0.15) is 47.5 Å². The molecule has 3 heterocycles. The number of aryl methyl sites for hydroxylation is 1. The Bertz CT molecular complexity index is 1010. The highest BCUT2D eigenvalue weighted by Gasteiger charge is 2.25. The first-order chi connectivity index (χ1) is 12.4. The standard InChI is InChI=1S/C19H22ClN3OS2/c1-10-4-6-13-14(8-10)26-19-16(13)18(24)21-17(22-19)11(2)23(3)9-12-5-7-15(20)25-12/h5,7,10-11H,4,6,8-9H2,1-3H3,(H,21,22,24)/p+1/t10-,11-/m0/s1. The van der Waals surface area contributed by atoms with Crippen LogP contribution in [0.5, 0.6) is 0 Å². The van der Waals surface area contributed by atoms with Crippen LogP contribution < -0.4 is 10.5 Å². The van der Waals surface area contributed by atoms with Gasteiger partial charge in [0.25, 0.3) is 5.56 Å². The predicted molar refractivity (Wildman–Crippen MR) is 110 cm³/mol. The molecular formula is C19H23ClN3OS2+. The Morgan fingerprint density at radius 1 is 1.42 bits per heavy atom. The molecule has 138 valence electrons. The number of hydrogen-bond acceptors (Lipinski definition) is 4. The Morgan fingerprint density at radius 3 is 2.96 bits per heavy atom. The molecule has 0 bridgehead atoms. The molecule has 0 aliphatic heterocycles. The van der Waals surface area contributed by atoms with Crippen molar-refractivity contribution < 1.29 is 4.90 Å². The molecule has 1 unspecified atom stereocenters. The van der Waals surface area contributed by atoms with E-state index >= 15 is 0 Å². The van der Waals surface area contributed by atoms with Crippen molar-refractivity contribution in [3.05, 3.63) is 48.0 Å². The van der Waals surface area contributed by atoms with E-state index in [0.717, 1.165) is 46.2 Å². The first-order valence-corrected chi connectivity index (χ1v) is 11.0. The third-order valence-corrected chi connectivity index (χ3v) is 7.79. The monoisotopic (exact) mass is 408 g/mol. The Kier molecular flexibility index (Phi) is 4.94. The predicted octanol–water partition coefficient (Wildman–Crippen LogP) is 3.60. The quantitative estimate of drug-likeness (QED) is 0.692. The first kappa shape index (κ1) is 18.2. The van der Waals surface area contributed by atoms with Gasteiger partial charge in [0.05, 0.1) is 21.6 Å². The number of quaternary nitrogens is 1. The maximum atomic E-state index is 12.8. The van der Waals surface area contributed by atoms with Gasteiger partial charge < -0.3 is 9.88 Å². The van der Waals surface area contributed by atoms with E-state index in [-0.39, 0.29) is 11.6 Å². The molecule has 0 spiro atoms. The number of nitrogens with zero attached hydrogens (tertiary/aromatic N) is 1. The van der Waals surface area contributed by atoms with Crippen LogP contribution in [-0.2, 0) is 19.4 Å². The number of aromatic nitrogens is 2. The summed E-state index contributed by atoms with van der Waals surface area (Å²) in [5.74, 6) is 1.47. The van der Waals surface area contributed by atoms with Crippen molar-refractivity contribution in [1.82, 2.24) is 9.97 Å². The second-order valence-corrected chi connectivity index (χ2v) is 10.3. The van der Waals surface area contributed by atoms with E-state index in [4.69, 9.17) is 16.6 Å². The van der Waals surface area contributed by atoms with E-state index in [9.17, 15) is 4.79 Å². The van der Waals surface area contributed by atoms with Gasteiger partial charge in [-0.3, -0.25) is 4.79 Å². The zero-order chi connectivity index (χ0) is 18.4. The van der Waals surface area contributed by atoms with Crippen LogP contribution in [-0.4, -0.2) is 17.0 Å². The van der Waals surface area contributed by atoms with Gasteiger partial charge in [-0.15, -0.1) is 22.7 Å². The van der Waals surface area contributed by atoms with Crippen molar-refractivity contribution in [3.8, 4) is 0 Å². The summed E-state index contributed by atoms with van der Waals surface area (Å²) in [7, 11) is 2.13. The van der Waals surface area contributed by atoms with Gasteiger partial charge in [-0.05, 0) is 49.8 Å². The summed E-state index contributed by atoms with van der Waals surface area (Å²) >= 11 is 9.36. The molecule has 3 aromatic rings. The highest BCUT2D eigenvalue weighted by atomic mass is 35.5. The Labute approximate surface area is 165 Å². The summed E-state index contributed by atoms with van der Waals surface area (Å²) in [4.78, 5) is 25.5. The molecule has 0 aromatic carbocycles. The molecule has 0 saturated heterocycles. The molecule has 0 saturated carbocycles. The lowest BCUT2D eigenvalue weighted by Gasteiger charge is -2.20. The van der Waals surface area contributed by atoms with Gasteiger partial charge in [0, 0.05) is 4.88 Å². The molecule has 26 heavy (non-hydrogen) atoms. The normalized spacial score (nSPS) is 19.5. The smallest absolute Gasteiger partial charge is 0.260 e. The van der Waals surface area contributed by atoms with Crippen molar-refractivity contribution in [2.24, 2.45) is 5.92 Å². The van der Waals surface area contributed by atoms with Gasteiger partial charge in [0.2, 0.25) is 0 Å². The number of nitrogens with one attached hydrogen (secondary N) is 2. The summed E-state index contributed by atoms with van der Waals surface area (Å²) in [6.07, 6.45) is 3.23. The second kappa shape index (κ2) is 7.08. The highest BCUT2D eigenvalue weighted by molar-refractivity contribution is 7.18. The largest absolute Gasteiger partial charge is 0.324 e. The zero-order valence-corrected chi connectivity index (χ0v) is 17.6. The van der Waals surface area contributed by atoms with Gasteiger partial charge in [0.1, 0.15) is 17.4 Å². The van der Waals surface area contributed by atoms with Crippen LogP contribution in [0.3, 0.4) is 0 Å². The van der Waals surface area contributed by atoms with Crippen LogP contribution in [0.2, 0.25) is 4.34 Å². The summed E-state index contributed by atoms with van der Waals surface area (Å²) in [6, 6.07) is 4.10. The topological polar surface area (TPSA) is 50.2 Å². The zero-order valence-electron chi connectivity index (χ0n) is 15.2. The molecule has 3 aromatic heterocycles. The number of halogens is 1. The lowest BCUT2D eigenvalue weighted by Crippen LogP contribution is -3.07. The van der Waals surface area contributed by atoms with E-state index in [0.29, 0.717) is 5.92 Å². The lowest BCUT2D eigenvalue weighted by atomic mass is 9.89. The van der Waals surface area contributed by atoms with Gasteiger partial charge in [-0.1, -0.05) is 18.5 Å². The molecule has 0 radical (unpaired) electrons. The van der Waals surface area contributed by atoms with Crippen LogP contribution in [0.25, 0.3) is 10.2 Å². The molecular weight excluding hydrogens is 386 g/mol. The van der Waals surface area contributed by atoms with Crippen molar-refractivity contribution in [2.75, 3.05) is 7.05 Å². The average Bonchev–Trinajstić information content (AvgIpc) is 3.16. The molecule has 1 aliphatic carbocycles. The molecule has 4 nitrogen and oxygen atoms in total. The van der Waals surface area contributed by atoms with Crippen molar-refractivity contribution in [2.45, 2.75) is 45.7 Å². The van der Waals surface area contributed by atoms with E-state index < -0.39 is 0 Å². The van der Waals surface area contributed by atoms with Crippen LogP contribution in [0.4, 0.5) is 0 Å². The van der Waals surface area contributed by atoms with Gasteiger partial charge in [-0.25, -0.2) is 4.98 Å². The van der Waals surface area contributed by atoms with Crippen LogP contribution in [0.15, 0.2) is 16.9 Å². The average molecular weight is 409 g/mol. The molecule has 2 N–H and O–H groups in total. The number of hydrogen-bond donors (Lipinski definition) is 2. The number of H-pyrrole nitrogens is 1. The van der Waals surface area contributed by atoms with Crippen molar-refractivity contribution in [1.29, 1.82) is 0 Å². The van der Waals surface area contributed by atoms with Gasteiger partial charge >= 0.3 is 0 Å². The van der Waals surface area contributed by atoms with Crippen molar-refractivity contribution in [3.63, 3.8) is 0 Å². The third kappa shape index (κ3) is 3.36. The number of aromatic amines is 1. The Balaban J connectivity index is 1.65. The Hall–Kier alpha value is -1.21. The summed E-state index contributed by atoms with van der Waals surface area (Å²) in [5.41, 5.74) is 1.26. The first-order valence-electron chi connectivity index (χ1n) is 9.03. The summed E-state index contributed by atoms with van der Waals surface area (Å²) in [5, 5.41) is 0.829. The van der Waals surface area contributed by atoms with Crippen molar-refractivity contribution >= 4 is 44.5 Å². The number of rotatable bonds is 4. The van der Waals surface area contributed by atoms with Gasteiger partial charge in [-0.2, -0.15) is 0 Å². The minimum absolute atomic E-state index is 0.0240. The van der Waals surface area contributed by atoms with E-state index in [1.807, 2.05) is 6.07 Å². The lowest BCUT2D eigenvalue weighted by molar-refractivity contribution is -0.924. The maximum absolute atomic E-state index is 12.8. The fourth-order valence-corrected chi connectivity index (χ4v) is 6.25. The summed E-state index contributed by atoms with van der Waals surface area (Å²) in [6.45, 7) is 5.26. The fourth-order valence-electron chi connectivity index (χ4n) is 3.68. The van der Waals surface area contributed by atoms with E-state index in [1.54, 1.807) is 22.7 Å². The third-order valence-electron chi connectivity index (χ3n) is 5.42. The van der Waals surface area contributed by atoms with Gasteiger partial charge in [0.15, 0.2) is 5.82 Å². The maximum Gasteiger partial charge on any atom is 0.260 e. The van der Waals surface area contributed by atoms with E-state index in [2.05, 4.69) is 31.9 Å². The molecule has 0 amide bonds. The summed E-state index contributed by atoms with van der Waals surface area (Å²) < 4.78 is 0.812. The SMILES string of the molecule is C[C@H]1CCc2c(sc3nc([C@H](C)[NH+](C)Cc4ccc(Cl)s4)[nH]c(=O)c23)C1. The highest BCUT2D eigenvalue weighted by Crippen LogP contribution is 2.35. The number of thiophene rings is 2. The minimum Gasteiger partial charge on any atom is -0.324 e. The molecule has 4 rings (SSSR count). The Morgan fingerprint density at radius 2 is 2.23 bits per heavy atom. The molecule has 3 atom stereocenters. The number of fused-ring (bicyclic) bond motifs is 3. The molecule has 0 fully saturated rings. The molecule has 1 aliphatic rings. The molecule has 7 heteroatoms. The van der Waals surface area contributed by atoms with Crippen LogP contribution in [0, 0.1) is 5.92 Å². The van der Waals surface area contributed by atoms with E-state index in [1.165, 1.54) is 20.2 Å². The second-order valence-electron chi connectivity index (χ2n) is 7.43. The minimum atomic E-state index is 0.0240.